The first kappa shape index (κ1) is 22.6. The number of carbonyl (C=O) groups excluding carboxylic acids is 1. The predicted octanol–water partition coefficient (Wildman–Crippen LogP) is 3.31. The monoisotopic (exact) mass is 483 g/mol. The number of carbonyl (C=O) groups is 1. The number of benzene rings is 2. The average molecular weight is 484 g/mol. The molecule has 0 radical (unpaired) electrons. The molecular formula is C28H29N5O3. The van der Waals surface area contributed by atoms with Gasteiger partial charge in [0.05, 0.1) is 11.5 Å². The third-order valence-corrected chi connectivity index (χ3v) is 6.90. The van der Waals surface area contributed by atoms with Gasteiger partial charge in [0.2, 0.25) is 0 Å². The number of aromatic nitrogens is 2. The Labute approximate surface area is 209 Å². The molecule has 0 saturated carbocycles. The molecule has 1 amide bonds. The Hall–Kier alpha value is -3.88. The molecule has 1 fully saturated rings. The van der Waals surface area contributed by atoms with Crippen LogP contribution in [-0.4, -0.2) is 59.8 Å². The molecule has 184 valence electrons. The van der Waals surface area contributed by atoms with Crippen LogP contribution in [0.2, 0.25) is 0 Å². The summed E-state index contributed by atoms with van der Waals surface area (Å²) >= 11 is 0. The van der Waals surface area contributed by atoms with E-state index >= 15 is 0 Å². The number of nitrogens with one attached hydrogen (secondary N) is 3. The van der Waals surface area contributed by atoms with Crippen LogP contribution in [0.3, 0.4) is 0 Å². The van der Waals surface area contributed by atoms with Crippen LogP contribution in [0.25, 0.3) is 33.3 Å². The molecule has 2 aliphatic rings. The zero-order chi connectivity index (χ0) is 24.6. The topological polar surface area (TPSA) is 103 Å². The van der Waals surface area contributed by atoms with Crippen LogP contribution >= 0.6 is 0 Å². The molecule has 36 heavy (non-hydrogen) atoms. The number of nitrogens with zero attached hydrogens (tertiary/aromatic N) is 2. The lowest BCUT2D eigenvalue weighted by Gasteiger charge is -2.31. The van der Waals surface area contributed by atoms with Gasteiger partial charge in [-0.1, -0.05) is 18.2 Å². The summed E-state index contributed by atoms with van der Waals surface area (Å²) in [5, 5.41) is 16.5. The molecule has 0 aliphatic carbocycles. The molecule has 4 N–H and O–H groups in total. The van der Waals surface area contributed by atoms with E-state index in [1.54, 1.807) is 19.1 Å². The van der Waals surface area contributed by atoms with E-state index in [9.17, 15) is 9.90 Å². The summed E-state index contributed by atoms with van der Waals surface area (Å²) in [6.45, 7) is 6.38. The normalized spacial score (nSPS) is 15.7. The zero-order valence-corrected chi connectivity index (χ0v) is 20.2. The zero-order valence-electron chi connectivity index (χ0n) is 20.2. The number of ether oxygens (including phenoxy) is 1. The van der Waals surface area contributed by atoms with E-state index in [0.717, 1.165) is 65.2 Å². The van der Waals surface area contributed by atoms with Gasteiger partial charge in [0.15, 0.2) is 0 Å². The molecule has 4 aromatic rings. The highest BCUT2D eigenvalue weighted by Gasteiger charge is 2.24. The van der Waals surface area contributed by atoms with Crippen molar-refractivity contribution in [1.82, 2.24) is 20.6 Å². The van der Waals surface area contributed by atoms with Crippen molar-refractivity contribution in [3.05, 3.63) is 66.0 Å². The molecule has 2 aromatic carbocycles. The number of aliphatic hydroxyl groups is 1. The number of aliphatic hydroxyl groups excluding tert-OH is 1. The lowest BCUT2D eigenvalue weighted by molar-refractivity contribution is 0.0924. The van der Waals surface area contributed by atoms with E-state index in [-0.39, 0.29) is 12.5 Å². The van der Waals surface area contributed by atoms with Gasteiger partial charge in [0.1, 0.15) is 18.0 Å². The van der Waals surface area contributed by atoms with Gasteiger partial charge in [-0.05, 0) is 47.9 Å². The van der Waals surface area contributed by atoms with Crippen molar-refractivity contribution >= 4 is 22.6 Å². The largest absolute Gasteiger partial charge is 0.487 e. The lowest BCUT2D eigenvalue weighted by Crippen LogP contribution is -2.43. The summed E-state index contributed by atoms with van der Waals surface area (Å²) in [4.78, 5) is 22.7. The van der Waals surface area contributed by atoms with E-state index in [2.05, 4.69) is 38.7 Å². The van der Waals surface area contributed by atoms with Crippen LogP contribution in [0.15, 0.2) is 54.9 Å². The van der Waals surface area contributed by atoms with Gasteiger partial charge in [-0.2, -0.15) is 0 Å². The molecular weight excluding hydrogens is 454 g/mol. The van der Waals surface area contributed by atoms with Crippen LogP contribution in [0.5, 0.6) is 5.75 Å². The third kappa shape index (κ3) is 4.08. The van der Waals surface area contributed by atoms with Crippen molar-refractivity contribution in [2.24, 2.45) is 0 Å². The lowest BCUT2D eigenvalue weighted by atomic mass is 9.95. The van der Waals surface area contributed by atoms with Gasteiger partial charge >= 0.3 is 0 Å². The summed E-state index contributed by atoms with van der Waals surface area (Å²) in [5.41, 5.74) is 7.80. The van der Waals surface area contributed by atoms with E-state index in [0.29, 0.717) is 12.2 Å². The Morgan fingerprint density at radius 1 is 1.14 bits per heavy atom. The number of fused-ring (bicyclic) bond motifs is 5. The first-order valence-electron chi connectivity index (χ1n) is 12.4. The molecule has 8 nitrogen and oxygen atoms in total. The van der Waals surface area contributed by atoms with Crippen LogP contribution in [0, 0.1) is 0 Å². The van der Waals surface area contributed by atoms with Gasteiger partial charge in [-0.3, -0.25) is 4.79 Å². The van der Waals surface area contributed by atoms with Crippen LogP contribution < -0.4 is 20.3 Å². The van der Waals surface area contributed by atoms with Crippen LogP contribution in [0.4, 0.5) is 5.69 Å². The number of aromatic amines is 1. The maximum atomic E-state index is 12.3. The molecule has 2 aromatic heterocycles. The minimum absolute atomic E-state index is 0.208. The van der Waals surface area contributed by atoms with E-state index < -0.39 is 6.10 Å². The SMILES string of the molecule is C[C@H](O)CNC(=O)c1ccc(-c2c[nH]c3ncc4c(c23)OCc2cc(N3CCNCC3)ccc2-4)cc1. The van der Waals surface area contributed by atoms with Gasteiger partial charge in [0, 0.05) is 67.5 Å². The Morgan fingerprint density at radius 3 is 2.72 bits per heavy atom. The van der Waals surface area contributed by atoms with Gasteiger partial charge < -0.3 is 30.4 Å². The molecule has 2 aliphatic heterocycles. The second kappa shape index (κ2) is 9.29. The van der Waals surface area contributed by atoms with E-state index in [1.165, 1.54) is 11.3 Å². The molecule has 0 bridgehead atoms. The second-order valence-electron chi connectivity index (χ2n) is 9.43. The molecule has 1 saturated heterocycles. The Bertz CT molecular complexity index is 1420. The summed E-state index contributed by atoms with van der Waals surface area (Å²) in [7, 11) is 0. The fourth-order valence-corrected chi connectivity index (χ4v) is 5.01. The molecule has 0 spiro atoms. The number of hydrogen-bond donors (Lipinski definition) is 4. The summed E-state index contributed by atoms with van der Waals surface area (Å²) < 4.78 is 6.36. The number of piperazine rings is 1. The average Bonchev–Trinajstić information content (AvgIpc) is 3.36. The van der Waals surface area contributed by atoms with E-state index in [4.69, 9.17) is 9.72 Å². The molecule has 4 heterocycles. The number of hydrogen-bond acceptors (Lipinski definition) is 6. The molecule has 1 atom stereocenters. The highest BCUT2D eigenvalue weighted by Crippen LogP contribution is 2.45. The van der Waals surface area contributed by atoms with Crippen molar-refractivity contribution in [3.8, 4) is 28.0 Å². The van der Waals surface area contributed by atoms with Crippen molar-refractivity contribution in [3.63, 3.8) is 0 Å². The highest BCUT2D eigenvalue weighted by atomic mass is 16.5. The Balaban J connectivity index is 1.33. The first-order valence-corrected chi connectivity index (χ1v) is 12.4. The van der Waals surface area contributed by atoms with E-state index in [1.807, 2.05) is 24.5 Å². The third-order valence-electron chi connectivity index (χ3n) is 6.90. The second-order valence-corrected chi connectivity index (χ2v) is 9.43. The molecule has 0 unspecified atom stereocenters. The number of amides is 1. The van der Waals surface area contributed by atoms with Crippen LogP contribution in [0.1, 0.15) is 22.8 Å². The Kier molecular flexibility index (Phi) is 5.83. The van der Waals surface area contributed by atoms with Gasteiger partial charge in [-0.15, -0.1) is 0 Å². The summed E-state index contributed by atoms with van der Waals surface area (Å²) in [6, 6.07) is 14.1. The Morgan fingerprint density at radius 2 is 1.94 bits per heavy atom. The summed E-state index contributed by atoms with van der Waals surface area (Å²) in [5.74, 6) is 0.623. The number of pyridine rings is 1. The maximum Gasteiger partial charge on any atom is 0.251 e. The first-order chi connectivity index (χ1) is 17.6. The standard InChI is InChI=1S/C28H29N5O3/c1-17(34)13-32-28(35)19-4-2-18(3-5-19)23-14-30-27-25(23)26-24(15-31-27)22-7-6-21(12-20(22)16-36-26)33-10-8-29-9-11-33/h2-7,12,14-15,17,29,34H,8-11,13,16H2,1H3,(H,30,31)(H,32,35)/t17-/m0/s1. The summed E-state index contributed by atoms with van der Waals surface area (Å²) in [6.07, 6.45) is 3.24. The molecule has 6 rings (SSSR count). The number of rotatable bonds is 5. The fraction of sp³-hybridized carbons (Fsp3) is 0.286. The predicted molar refractivity (Wildman–Crippen MR) is 140 cm³/mol. The maximum absolute atomic E-state index is 12.3. The van der Waals surface area contributed by atoms with Crippen molar-refractivity contribution in [1.29, 1.82) is 0 Å². The van der Waals surface area contributed by atoms with Gasteiger partial charge in [-0.25, -0.2) is 4.98 Å². The van der Waals surface area contributed by atoms with Crippen molar-refractivity contribution in [2.75, 3.05) is 37.6 Å². The van der Waals surface area contributed by atoms with Gasteiger partial charge in [0.25, 0.3) is 5.91 Å². The van der Waals surface area contributed by atoms with Crippen molar-refractivity contribution < 1.29 is 14.6 Å². The smallest absolute Gasteiger partial charge is 0.251 e. The minimum atomic E-state index is -0.586. The number of H-pyrrole nitrogens is 1. The minimum Gasteiger partial charge on any atom is -0.487 e. The highest BCUT2D eigenvalue weighted by molar-refractivity contribution is 6.03. The number of anilines is 1. The van der Waals surface area contributed by atoms with Crippen molar-refractivity contribution in [2.45, 2.75) is 19.6 Å². The molecule has 8 heteroatoms. The fourth-order valence-electron chi connectivity index (χ4n) is 5.01. The van der Waals surface area contributed by atoms with Crippen LogP contribution in [-0.2, 0) is 6.61 Å². The quantitative estimate of drug-likeness (QED) is 0.347.